The van der Waals surface area contributed by atoms with Gasteiger partial charge < -0.3 is 0 Å². The molecule has 0 spiro atoms. The van der Waals surface area contributed by atoms with Crippen molar-refractivity contribution in [3.8, 4) is 11.3 Å². The monoisotopic (exact) mass is 340 g/mol. The van der Waals surface area contributed by atoms with Gasteiger partial charge in [0.05, 0.1) is 11.3 Å². The molecule has 0 fully saturated rings. The number of nitrogens with zero attached hydrogens (tertiary/aromatic N) is 3. The Labute approximate surface area is 144 Å². The Kier molecular flexibility index (Phi) is 3.53. The van der Waals surface area contributed by atoms with Gasteiger partial charge >= 0.3 is 0 Å². The van der Waals surface area contributed by atoms with Crippen LogP contribution in [0.4, 0.5) is 0 Å². The van der Waals surface area contributed by atoms with Gasteiger partial charge in [0, 0.05) is 11.0 Å². The zero-order chi connectivity index (χ0) is 16.9. The largest absolute Gasteiger partial charge is 0.268 e. The molecule has 0 saturated carbocycles. The molecule has 24 heavy (non-hydrogen) atoms. The van der Waals surface area contributed by atoms with E-state index < -0.39 is 0 Å². The van der Waals surface area contributed by atoms with Crippen molar-refractivity contribution >= 4 is 17.5 Å². The minimum absolute atomic E-state index is 0.0125. The number of thioether (sulfide) groups is 1. The van der Waals surface area contributed by atoms with Gasteiger partial charge in [-0.15, -0.1) is 5.10 Å². The molecule has 3 aromatic rings. The Morgan fingerprint density at radius 1 is 1.33 bits per heavy atom. The molecule has 1 atom stereocenters. The molecule has 124 valence electrons. The molecule has 5 nitrogen and oxygen atoms in total. The van der Waals surface area contributed by atoms with Crippen LogP contribution in [0.25, 0.3) is 17.0 Å². The van der Waals surface area contributed by atoms with E-state index >= 15 is 0 Å². The molecule has 1 aliphatic carbocycles. The van der Waals surface area contributed by atoms with Crippen LogP contribution in [-0.4, -0.2) is 25.3 Å². The minimum Gasteiger partial charge on any atom is -0.268 e. The fraction of sp³-hybridized carbons (Fsp3) is 0.389. The number of rotatable bonds is 3. The van der Waals surface area contributed by atoms with Gasteiger partial charge in [-0.2, -0.15) is 0 Å². The van der Waals surface area contributed by atoms with E-state index in [0.717, 1.165) is 35.4 Å². The van der Waals surface area contributed by atoms with Crippen molar-refractivity contribution < 1.29 is 0 Å². The predicted molar refractivity (Wildman–Crippen MR) is 96.8 cm³/mol. The summed E-state index contributed by atoms with van der Waals surface area (Å²) in [7, 11) is 0. The summed E-state index contributed by atoms with van der Waals surface area (Å²) in [4.78, 5) is 18.2. The molecule has 1 aromatic carbocycles. The molecule has 0 amide bonds. The lowest BCUT2D eigenvalue weighted by Gasteiger charge is -2.34. The van der Waals surface area contributed by atoms with Gasteiger partial charge in [0.25, 0.3) is 5.56 Å². The Morgan fingerprint density at radius 2 is 2.12 bits per heavy atom. The van der Waals surface area contributed by atoms with Crippen molar-refractivity contribution in [3.63, 3.8) is 0 Å². The standard InChI is InChI=1S/C18H20N4OS/c1-4-18(3)10-11-8-6-7-9-12(11)14-13(18)15(23)22-16(19-14)20-21-17(22)24-5-2/h6-9H,4-5,10H2,1-3H3,(H,19,20)/t18-/m1/s1. The quantitative estimate of drug-likeness (QED) is 0.742. The molecular weight excluding hydrogens is 320 g/mol. The average Bonchev–Trinajstić information content (AvgIpc) is 2.98. The van der Waals surface area contributed by atoms with Crippen LogP contribution in [0, 0.1) is 0 Å². The first-order chi connectivity index (χ1) is 11.6. The van der Waals surface area contributed by atoms with Gasteiger partial charge in [0.1, 0.15) is 0 Å². The molecule has 2 heterocycles. The maximum Gasteiger partial charge on any atom is 0.265 e. The van der Waals surface area contributed by atoms with Crippen LogP contribution in [0.5, 0.6) is 0 Å². The second-order valence-corrected chi connectivity index (χ2v) is 7.72. The van der Waals surface area contributed by atoms with Crippen molar-refractivity contribution in [3.05, 3.63) is 45.7 Å². The Hall–Kier alpha value is -2.08. The lowest BCUT2D eigenvalue weighted by Crippen LogP contribution is -2.37. The van der Waals surface area contributed by atoms with Gasteiger partial charge in [0.2, 0.25) is 5.78 Å². The molecule has 1 aliphatic rings. The predicted octanol–water partition coefficient (Wildman–Crippen LogP) is 3.42. The molecule has 4 rings (SSSR count). The van der Waals surface area contributed by atoms with E-state index in [1.165, 1.54) is 5.56 Å². The van der Waals surface area contributed by atoms with Gasteiger partial charge in [-0.3, -0.25) is 4.79 Å². The van der Waals surface area contributed by atoms with E-state index in [4.69, 9.17) is 4.98 Å². The van der Waals surface area contributed by atoms with Crippen LogP contribution in [0.3, 0.4) is 0 Å². The summed E-state index contributed by atoms with van der Waals surface area (Å²) in [6, 6.07) is 8.26. The molecule has 6 heteroatoms. The van der Waals surface area contributed by atoms with Crippen LogP contribution in [0.15, 0.2) is 34.2 Å². The number of H-pyrrole nitrogens is 1. The van der Waals surface area contributed by atoms with Gasteiger partial charge in [-0.25, -0.2) is 14.5 Å². The molecule has 0 bridgehead atoms. The number of benzene rings is 1. The Balaban J connectivity index is 2.11. The van der Waals surface area contributed by atoms with Crippen molar-refractivity contribution in [1.82, 2.24) is 19.6 Å². The van der Waals surface area contributed by atoms with Crippen LogP contribution < -0.4 is 5.56 Å². The highest BCUT2D eigenvalue weighted by molar-refractivity contribution is 7.99. The van der Waals surface area contributed by atoms with Crippen LogP contribution >= 0.6 is 11.8 Å². The summed E-state index contributed by atoms with van der Waals surface area (Å²) in [6.45, 7) is 6.36. The van der Waals surface area contributed by atoms with E-state index in [1.54, 1.807) is 16.2 Å². The maximum absolute atomic E-state index is 13.4. The summed E-state index contributed by atoms with van der Waals surface area (Å²) in [5.41, 5.74) is 3.76. The van der Waals surface area contributed by atoms with Crippen LogP contribution in [0.1, 0.15) is 38.3 Å². The number of nitrogens with one attached hydrogen (secondary N) is 1. The topological polar surface area (TPSA) is 63.0 Å². The number of fused-ring (bicyclic) bond motifs is 4. The zero-order valence-electron chi connectivity index (χ0n) is 14.1. The van der Waals surface area contributed by atoms with E-state index in [1.807, 2.05) is 6.07 Å². The summed E-state index contributed by atoms with van der Waals surface area (Å²) >= 11 is 1.55. The third kappa shape index (κ3) is 2.05. The summed E-state index contributed by atoms with van der Waals surface area (Å²) in [6.07, 6.45) is 1.76. The average molecular weight is 340 g/mol. The molecule has 0 saturated heterocycles. The van der Waals surface area contributed by atoms with Crippen LogP contribution in [-0.2, 0) is 11.8 Å². The molecule has 0 aliphatic heterocycles. The first-order valence-electron chi connectivity index (χ1n) is 8.31. The second kappa shape index (κ2) is 5.48. The molecule has 2 aromatic heterocycles. The first-order valence-corrected chi connectivity index (χ1v) is 9.30. The van der Waals surface area contributed by atoms with E-state index in [-0.39, 0.29) is 11.0 Å². The highest BCUT2D eigenvalue weighted by atomic mass is 32.2. The fourth-order valence-corrected chi connectivity index (χ4v) is 4.27. The van der Waals surface area contributed by atoms with Gasteiger partial charge in [0.15, 0.2) is 5.16 Å². The summed E-state index contributed by atoms with van der Waals surface area (Å²) < 4.78 is 1.63. The van der Waals surface area contributed by atoms with Crippen molar-refractivity contribution in [2.45, 2.75) is 44.2 Å². The highest BCUT2D eigenvalue weighted by Gasteiger charge is 2.38. The highest BCUT2D eigenvalue weighted by Crippen LogP contribution is 2.42. The first kappa shape index (κ1) is 15.4. The van der Waals surface area contributed by atoms with Crippen molar-refractivity contribution in [1.29, 1.82) is 0 Å². The lowest BCUT2D eigenvalue weighted by atomic mass is 9.69. The van der Waals surface area contributed by atoms with Crippen molar-refractivity contribution in [2.24, 2.45) is 0 Å². The van der Waals surface area contributed by atoms with E-state index in [9.17, 15) is 4.79 Å². The Bertz CT molecular complexity index is 990. The summed E-state index contributed by atoms with van der Waals surface area (Å²) in [5, 5.41) is 7.89. The maximum atomic E-state index is 13.4. The van der Waals surface area contributed by atoms with E-state index in [0.29, 0.717) is 10.9 Å². The van der Waals surface area contributed by atoms with E-state index in [2.05, 4.69) is 49.2 Å². The van der Waals surface area contributed by atoms with Gasteiger partial charge in [-0.05, 0) is 24.2 Å². The fourth-order valence-electron chi connectivity index (χ4n) is 3.60. The van der Waals surface area contributed by atoms with Gasteiger partial charge in [-0.1, -0.05) is 56.8 Å². The third-order valence-corrected chi connectivity index (χ3v) is 5.86. The normalized spacial score (nSPS) is 19.3. The second-order valence-electron chi connectivity index (χ2n) is 6.49. The zero-order valence-corrected chi connectivity index (χ0v) is 14.9. The third-order valence-electron chi connectivity index (χ3n) is 5.04. The minimum atomic E-state index is -0.208. The number of aromatic nitrogens is 4. The molecule has 0 radical (unpaired) electrons. The molecule has 1 N–H and O–H groups in total. The smallest absolute Gasteiger partial charge is 0.265 e. The number of aromatic amines is 1. The van der Waals surface area contributed by atoms with Crippen LogP contribution in [0.2, 0.25) is 0 Å². The molecular formula is C18H20N4OS. The summed E-state index contributed by atoms with van der Waals surface area (Å²) in [5.74, 6) is 1.38. The Morgan fingerprint density at radius 3 is 2.88 bits per heavy atom. The molecule has 0 unspecified atom stereocenters. The number of hydrogen-bond donors (Lipinski definition) is 1. The SMILES string of the molecule is CCSc1n[nH]c2nc3c(c(=O)n12)[C@](C)(CC)Cc1ccccc1-3. The lowest BCUT2D eigenvalue weighted by molar-refractivity contribution is 0.439. The number of hydrogen-bond acceptors (Lipinski definition) is 4. The van der Waals surface area contributed by atoms with Crippen molar-refractivity contribution in [2.75, 3.05) is 5.75 Å².